The third kappa shape index (κ3) is 1.86. The van der Waals surface area contributed by atoms with Crippen LogP contribution in [0.5, 0.6) is 0 Å². The summed E-state index contributed by atoms with van der Waals surface area (Å²) in [6.07, 6.45) is 4.63. The minimum Gasteiger partial charge on any atom is -0.478 e. The molecule has 1 aromatic rings. The lowest BCUT2D eigenvalue weighted by molar-refractivity contribution is 0.0696. The number of rotatable bonds is 4. The van der Waals surface area contributed by atoms with E-state index in [2.05, 4.69) is 10.8 Å². The highest BCUT2D eigenvalue weighted by Crippen LogP contribution is 2.48. The lowest BCUT2D eigenvalue weighted by Gasteiger charge is -2.16. The van der Waals surface area contributed by atoms with E-state index in [9.17, 15) is 4.79 Å². The average Bonchev–Trinajstić information content (AvgIpc) is 2.96. The number of aromatic carboxylic acids is 1. The molecule has 0 atom stereocenters. The van der Waals surface area contributed by atoms with Crippen molar-refractivity contribution in [3.8, 4) is 0 Å². The van der Waals surface area contributed by atoms with Gasteiger partial charge in [-0.25, -0.2) is 4.79 Å². The molecule has 2 rings (SSSR count). The van der Waals surface area contributed by atoms with Crippen molar-refractivity contribution in [3.05, 3.63) is 23.0 Å². The molecule has 0 radical (unpaired) electrons. The molecule has 1 heterocycles. The van der Waals surface area contributed by atoms with Crippen LogP contribution < -0.4 is 0 Å². The van der Waals surface area contributed by atoms with Gasteiger partial charge >= 0.3 is 5.97 Å². The molecule has 4 heteroatoms. The molecular weight excluding hydrogens is 222 g/mol. The Kier molecular flexibility index (Phi) is 2.78. The summed E-state index contributed by atoms with van der Waals surface area (Å²) in [4.78, 5) is 11.0. The summed E-state index contributed by atoms with van der Waals surface area (Å²) in [5.74, 6) is -0.826. The van der Waals surface area contributed by atoms with Crippen molar-refractivity contribution < 1.29 is 9.90 Å². The van der Waals surface area contributed by atoms with Gasteiger partial charge < -0.3 is 9.67 Å². The maximum atomic E-state index is 11.0. The van der Waals surface area contributed by atoms with Crippen molar-refractivity contribution in [1.82, 2.24) is 4.57 Å². The zero-order valence-electron chi connectivity index (χ0n) is 9.91. The number of hydrogen-bond acceptors (Lipinski definition) is 2. The number of nitrogens with zero attached hydrogens (tertiary/aromatic N) is 1. The fourth-order valence-corrected chi connectivity index (χ4v) is 2.88. The fourth-order valence-electron chi connectivity index (χ4n) is 2.12. The number of thioether (sulfide) groups is 1. The highest BCUT2D eigenvalue weighted by molar-refractivity contribution is 8.00. The highest BCUT2D eigenvalue weighted by atomic mass is 32.2. The Bertz CT molecular complexity index is 432. The van der Waals surface area contributed by atoms with Gasteiger partial charge in [-0.15, -0.1) is 0 Å². The van der Waals surface area contributed by atoms with Crippen molar-refractivity contribution in [2.24, 2.45) is 0 Å². The van der Waals surface area contributed by atoms with Crippen LogP contribution in [0, 0.1) is 13.8 Å². The molecule has 0 unspecified atom stereocenters. The summed E-state index contributed by atoms with van der Waals surface area (Å²) in [7, 11) is 0. The number of aryl methyl sites for hydroxylation is 1. The van der Waals surface area contributed by atoms with Gasteiger partial charge in [0, 0.05) is 22.7 Å². The van der Waals surface area contributed by atoms with Gasteiger partial charge in [0.2, 0.25) is 0 Å². The Morgan fingerprint density at radius 1 is 1.56 bits per heavy atom. The number of carbonyl (C=O) groups is 1. The molecular formula is C12H17NO2S. The summed E-state index contributed by atoms with van der Waals surface area (Å²) in [6, 6.07) is 1.77. The van der Waals surface area contributed by atoms with Crippen LogP contribution in [-0.2, 0) is 6.54 Å². The second-order valence-corrected chi connectivity index (χ2v) is 5.84. The van der Waals surface area contributed by atoms with Crippen LogP contribution in [0.1, 0.15) is 34.6 Å². The molecule has 1 saturated carbocycles. The first-order valence-corrected chi connectivity index (χ1v) is 6.67. The first-order chi connectivity index (χ1) is 7.49. The molecule has 16 heavy (non-hydrogen) atoms. The summed E-state index contributed by atoms with van der Waals surface area (Å²) in [5.41, 5.74) is 2.37. The third-order valence-corrected chi connectivity index (χ3v) is 4.89. The lowest BCUT2D eigenvalue weighted by Crippen LogP contribution is -2.16. The van der Waals surface area contributed by atoms with Crippen LogP contribution in [0.15, 0.2) is 6.07 Å². The standard InChI is InChI=1S/C12H17NO2S/c1-8-6-10(11(14)15)9(2)13(8)7-12(16-3)4-5-12/h6H,4-5,7H2,1-3H3,(H,14,15). The quantitative estimate of drug-likeness (QED) is 0.878. The predicted molar refractivity (Wildman–Crippen MR) is 66.3 cm³/mol. The first kappa shape index (κ1) is 11.6. The molecule has 1 aliphatic rings. The molecule has 88 valence electrons. The minimum atomic E-state index is -0.826. The van der Waals surface area contributed by atoms with E-state index in [1.165, 1.54) is 12.8 Å². The van der Waals surface area contributed by atoms with Gasteiger partial charge in [-0.2, -0.15) is 11.8 Å². The monoisotopic (exact) mass is 239 g/mol. The number of carboxylic acids is 1. The van der Waals surface area contributed by atoms with Gasteiger partial charge in [-0.3, -0.25) is 0 Å². The largest absolute Gasteiger partial charge is 0.478 e. The van der Waals surface area contributed by atoms with Gasteiger partial charge in [0.05, 0.1) is 5.56 Å². The van der Waals surface area contributed by atoms with Crippen LogP contribution >= 0.6 is 11.8 Å². The molecule has 1 fully saturated rings. The molecule has 1 aliphatic carbocycles. The topological polar surface area (TPSA) is 42.2 Å². The van der Waals surface area contributed by atoms with Gasteiger partial charge in [0.25, 0.3) is 0 Å². The third-order valence-electron chi connectivity index (χ3n) is 3.49. The first-order valence-electron chi connectivity index (χ1n) is 5.44. The van der Waals surface area contributed by atoms with E-state index in [1.807, 2.05) is 25.6 Å². The van der Waals surface area contributed by atoms with Crippen molar-refractivity contribution in [2.45, 2.75) is 38.0 Å². The molecule has 1 N–H and O–H groups in total. The molecule has 1 aromatic heterocycles. The molecule has 0 saturated heterocycles. The number of hydrogen-bond donors (Lipinski definition) is 1. The lowest BCUT2D eigenvalue weighted by atomic mass is 10.2. The van der Waals surface area contributed by atoms with Crippen LogP contribution in [0.4, 0.5) is 0 Å². The Balaban J connectivity index is 2.31. The predicted octanol–water partition coefficient (Wildman–Crippen LogP) is 2.70. The average molecular weight is 239 g/mol. The summed E-state index contributed by atoms with van der Waals surface area (Å²) < 4.78 is 2.51. The molecule has 0 spiro atoms. The smallest absolute Gasteiger partial charge is 0.337 e. The van der Waals surface area contributed by atoms with E-state index in [-0.39, 0.29) is 0 Å². The zero-order valence-corrected chi connectivity index (χ0v) is 10.7. The van der Waals surface area contributed by atoms with Crippen LogP contribution in [0.2, 0.25) is 0 Å². The zero-order chi connectivity index (χ0) is 11.9. The van der Waals surface area contributed by atoms with Crippen LogP contribution in [-0.4, -0.2) is 26.6 Å². The van der Waals surface area contributed by atoms with Crippen molar-refractivity contribution in [3.63, 3.8) is 0 Å². The second kappa shape index (κ2) is 3.84. The Hall–Kier alpha value is -0.900. The van der Waals surface area contributed by atoms with Crippen LogP contribution in [0.25, 0.3) is 0 Å². The number of carboxylic acid groups (broad SMARTS) is 1. The molecule has 0 aliphatic heterocycles. The molecule has 3 nitrogen and oxygen atoms in total. The highest BCUT2D eigenvalue weighted by Gasteiger charge is 2.42. The van der Waals surface area contributed by atoms with E-state index in [0.29, 0.717) is 10.3 Å². The van der Waals surface area contributed by atoms with E-state index in [1.54, 1.807) is 6.07 Å². The van der Waals surface area contributed by atoms with E-state index in [4.69, 9.17) is 5.11 Å². The van der Waals surface area contributed by atoms with Crippen LogP contribution in [0.3, 0.4) is 0 Å². The van der Waals surface area contributed by atoms with Gasteiger partial charge in [0.15, 0.2) is 0 Å². The van der Waals surface area contributed by atoms with Crippen molar-refractivity contribution in [1.29, 1.82) is 0 Å². The molecule has 0 bridgehead atoms. The van der Waals surface area contributed by atoms with Gasteiger partial charge in [-0.1, -0.05) is 0 Å². The van der Waals surface area contributed by atoms with Gasteiger partial charge in [0.1, 0.15) is 0 Å². The maximum Gasteiger partial charge on any atom is 0.337 e. The molecule has 0 amide bonds. The van der Waals surface area contributed by atoms with Crippen molar-refractivity contribution in [2.75, 3.05) is 6.26 Å². The van der Waals surface area contributed by atoms with E-state index >= 15 is 0 Å². The van der Waals surface area contributed by atoms with Crippen molar-refractivity contribution >= 4 is 17.7 Å². The number of aromatic nitrogens is 1. The Morgan fingerprint density at radius 2 is 2.19 bits per heavy atom. The Labute approximate surface area is 99.8 Å². The minimum absolute atomic E-state index is 0.365. The summed E-state index contributed by atoms with van der Waals surface area (Å²) in [5, 5.41) is 9.06. The summed E-state index contributed by atoms with van der Waals surface area (Å²) in [6.45, 7) is 4.82. The van der Waals surface area contributed by atoms with E-state index < -0.39 is 5.97 Å². The fraction of sp³-hybridized carbons (Fsp3) is 0.583. The Morgan fingerprint density at radius 3 is 2.56 bits per heavy atom. The maximum absolute atomic E-state index is 11.0. The second-order valence-electron chi connectivity index (χ2n) is 4.56. The SMILES string of the molecule is CSC1(Cn2c(C)cc(C(=O)O)c2C)CC1. The van der Waals surface area contributed by atoms with E-state index in [0.717, 1.165) is 17.9 Å². The molecule has 0 aromatic carbocycles. The van der Waals surface area contributed by atoms with Gasteiger partial charge in [-0.05, 0) is 39.0 Å². The summed E-state index contributed by atoms with van der Waals surface area (Å²) >= 11 is 1.90. The normalized spacial score (nSPS) is 17.4.